The summed E-state index contributed by atoms with van der Waals surface area (Å²) in [4.78, 5) is 14.9. The molecule has 29 heavy (non-hydrogen) atoms. The summed E-state index contributed by atoms with van der Waals surface area (Å²) in [5, 5.41) is 3.08. The maximum atomic E-state index is 12.6. The smallest absolute Gasteiger partial charge is 0.227 e. The van der Waals surface area contributed by atoms with Crippen molar-refractivity contribution in [3.63, 3.8) is 0 Å². The quantitative estimate of drug-likeness (QED) is 0.704. The second-order valence-corrected chi connectivity index (χ2v) is 7.26. The monoisotopic (exact) mass is 398 g/mol. The summed E-state index contributed by atoms with van der Waals surface area (Å²) in [6, 6.07) is 13.8. The molecule has 0 spiro atoms. The van der Waals surface area contributed by atoms with Gasteiger partial charge in [-0.2, -0.15) is 0 Å². The number of carbonyl (C=O) groups is 1. The van der Waals surface area contributed by atoms with E-state index in [0.29, 0.717) is 13.2 Å². The lowest BCUT2D eigenvalue weighted by Gasteiger charge is -2.25. The van der Waals surface area contributed by atoms with E-state index in [2.05, 4.69) is 23.3 Å². The molecule has 0 saturated heterocycles. The van der Waals surface area contributed by atoms with Crippen LogP contribution < -0.4 is 19.5 Å². The molecule has 6 nitrogen and oxygen atoms in total. The molecule has 0 aromatic heterocycles. The average Bonchev–Trinajstić information content (AvgIpc) is 2.76. The molecule has 1 unspecified atom stereocenters. The number of carbonyl (C=O) groups excluding carboxylic acids is 1. The van der Waals surface area contributed by atoms with Crippen molar-refractivity contribution in [2.45, 2.75) is 18.8 Å². The first-order chi connectivity index (χ1) is 14.1. The van der Waals surface area contributed by atoms with Gasteiger partial charge in [0.15, 0.2) is 11.5 Å². The van der Waals surface area contributed by atoms with E-state index in [-0.39, 0.29) is 11.8 Å². The van der Waals surface area contributed by atoms with E-state index in [1.165, 1.54) is 5.56 Å². The van der Waals surface area contributed by atoms with Crippen LogP contribution in [-0.4, -0.2) is 58.3 Å². The van der Waals surface area contributed by atoms with E-state index in [1.54, 1.807) is 14.2 Å². The van der Waals surface area contributed by atoms with E-state index in [9.17, 15) is 4.79 Å². The Kier molecular flexibility index (Phi) is 7.36. The topological polar surface area (TPSA) is 60.0 Å². The lowest BCUT2D eigenvalue weighted by atomic mass is 9.92. The number of ether oxygens (including phenoxy) is 3. The van der Waals surface area contributed by atoms with Gasteiger partial charge in [-0.05, 0) is 43.7 Å². The standard InChI is InChI=1S/C23H30N2O4/c1-25(13-10-17-8-9-21(27-2)22(16-17)28-3)14-12-24-23(26)19-11-15-29-20-7-5-4-6-18(19)20/h4-9,16,19H,10-15H2,1-3H3,(H,24,26). The van der Waals surface area contributed by atoms with E-state index in [0.717, 1.165) is 48.7 Å². The van der Waals surface area contributed by atoms with Gasteiger partial charge in [0.2, 0.25) is 5.91 Å². The second kappa shape index (κ2) is 10.2. The molecular weight excluding hydrogens is 368 g/mol. The minimum absolute atomic E-state index is 0.0778. The SMILES string of the molecule is COc1ccc(CCN(C)CCNC(=O)C2CCOc3ccccc32)cc1OC. The Hall–Kier alpha value is -2.73. The van der Waals surface area contributed by atoms with Crippen molar-refractivity contribution in [1.29, 1.82) is 0 Å². The molecule has 1 atom stereocenters. The van der Waals surface area contributed by atoms with Gasteiger partial charge in [-0.15, -0.1) is 0 Å². The molecule has 0 aliphatic carbocycles. The molecular formula is C23H30N2O4. The van der Waals surface area contributed by atoms with Crippen LogP contribution in [-0.2, 0) is 11.2 Å². The summed E-state index contributed by atoms with van der Waals surface area (Å²) in [6.45, 7) is 2.90. The lowest BCUT2D eigenvalue weighted by molar-refractivity contribution is -0.123. The molecule has 2 aromatic rings. The minimum atomic E-state index is -0.128. The number of para-hydroxylation sites is 1. The van der Waals surface area contributed by atoms with Gasteiger partial charge in [-0.1, -0.05) is 24.3 Å². The van der Waals surface area contributed by atoms with Crippen LogP contribution in [0.4, 0.5) is 0 Å². The van der Waals surface area contributed by atoms with Gasteiger partial charge in [-0.3, -0.25) is 4.79 Å². The fourth-order valence-corrected chi connectivity index (χ4v) is 3.58. The highest BCUT2D eigenvalue weighted by Gasteiger charge is 2.27. The predicted molar refractivity (Wildman–Crippen MR) is 113 cm³/mol. The van der Waals surface area contributed by atoms with Gasteiger partial charge >= 0.3 is 0 Å². The van der Waals surface area contributed by atoms with Gasteiger partial charge in [0.05, 0.1) is 26.7 Å². The first-order valence-corrected chi connectivity index (χ1v) is 10.0. The number of nitrogens with zero attached hydrogens (tertiary/aromatic N) is 1. The summed E-state index contributed by atoms with van der Waals surface area (Å²) in [6.07, 6.45) is 1.62. The zero-order valence-electron chi connectivity index (χ0n) is 17.4. The fraction of sp³-hybridized carbons (Fsp3) is 0.435. The Morgan fingerprint density at radius 3 is 2.72 bits per heavy atom. The third-order valence-corrected chi connectivity index (χ3v) is 5.30. The zero-order chi connectivity index (χ0) is 20.6. The number of nitrogens with one attached hydrogen (secondary N) is 1. The summed E-state index contributed by atoms with van der Waals surface area (Å²) in [5.41, 5.74) is 2.18. The van der Waals surface area contributed by atoms with Crippen molar-refractivity contribution >= 4 is 5.91 Å². The molecule has 156 valence electrons. The van der Waals surface area contributed by atoms with Crippen LogP contribution in [0.15, 0.2) is 42.5 Å². The Balaban J connectivity index is 1.43. The van der Waals surface area contributed by atoms with Crippen LogP contribution in [0.25, 0.3) is 0 Å². The van der Waals surface area contributed by atoms with Crippen molar-refractivity contribution in [3.8, 4) is 17.2 Å². The van der Waals surface area contributed by atoms with Crippen molar-refractivity contribution in [2.75, 3.05) is 47.5 Å². The minimum Gasteiger partial charge on any atom is -0.493 e. The Bertz CT molecular complexity index is 824. The first kappa shape index (κ1) is 21.0. The van der Waals surface area contributed by atoms with Crippen LogP contribution in [0.3, 0.4) is 0 Å². The molecule has 0 fully saturated rings. The van der Waals surface area contributed by atoms with E-state index >= 15 is 0 Å². The first-order valence-electron chi connectivity index (χ1n) is 10.0. The Morgan fingerprint density at radius 2 is 1.93 bits per heavy atom. The van der Waals surface area contributed by atoms with E-state index < -0.39 is 0 Å². The molecule has 0 bridgehead atoms. The van der Waals surface area contributed by atoms with Crippen molar-refractivity contribution in [3.05, 3.63) is 53.6 Å². The van der Waals surface area contributed by atoms with Gasteiger partial charge in [-0.25, -0.2) is 0 Å². The highest BCUT2D eigenvalue weighted by molar-refractivity contribution is 5.84. The third-order valence-electron chi connectivity index (χ3n) is 5.30. The fourth-order valence-electron chi connectivity index (χ4n) is 3.58. The van der Waals surface area contributed by atoms with Crippen LogP contribution in [0.2, 0.25) is 0 Å². The molecule has 0 saturated carbocycles. The maximum Gasteiger partial charge on any atom is 0.227 e. The second-order valence-electron chi connectivity index (χ2n) is 7.26. The van der Waals surface area contributed by atoms with Gasteiger partial charge in [0.1, 0.15) is 5.75 Å². The van der Waals surface area contributed by atoms with Crippen LogP contribution in [0.5, 0.6) is 17.2 Å². The number of amides is 1. The largest absolute Gasteiger partial charge is 0.493 e. The molecule has 1 N–H and O–H groups in total. The summed E-state index contributed by atoms with van der Waals surface area (Å²) >= 11 is 0. The van der Waals surface area contributed by atoms with Crippen LogP contribution >= 0.6 is 0 Å². The van der Waals surface area contributed by atoms with Gasteiger partial charge in [0.25, 0.3) is 0 Å². The molecule has 1 aliphatic rings. The molecule has 1 amide bonds. The number of likely N-dealkylation sites (N-methyl/N-ethyl adjacent to an activating group) is 1. The van der Waals surface area contributed by atoms with Crippen molar-refractivity contribution < 1.29 is 19.0 Å². The molecule has 2 aromatic carbocycles. The van der Waals surface area contributed by atoms with Crippen LogP contribution in [0, 0.1) is 0 Å². The number of hydrogen-bond acceptors (Lipinski definition) is 5. The highest BCUT2D eigenvalue weighted by Crippen LogP contribution is 2.33. The molecule has 1 aliphatic heterocycles. The van der Waals surface area contributed by atoms with Gasteiger partial charge in [0, 0.05) is 25.2 Å². The number of hydrogen-bond donors (Lipinski definition) is 1. The van der Waals surface area contributed by atoms with Gasteiger partial charge < -0.3 is 24.4 Å². The molecule has 1 heterocycles. The number of methoxy groups -OCH3 is 2. The van der Waals surface area contributed by atoms with E-state index in [4.69, 9.17) is 14.2 Å². The Labute approximate surface area is 172 Å². The average molecular weight is 399 g/mol. The van der Waals surface area contributed by atoms with Crippen molar-refractivity contribution in [1.82, 2.24) is 10.2 Å². The van der Waals surface area contributed by atoms with Crippen LogP contribution in [0.1, 0.15) is 23.5 Å². The van der Waals surface area contributed by atoms with Crippen molar-refractivity contribution in [2.24, 2.45) is 0 Å². The molecule has 3 rings (SSSR count). The maximum absolute atomic E-state index is 12.6. The number of rotatable bonds is 9. The molecule has 6 heteroatoms. The third kappa shape index (κ3) is 5.41. The zero-order valence-corrected chi connectivity index (χ0v) is 17.4. The van der Waals surface area contributed by atoms with E-state index in [1.807, 2.05) is 36.4 Å². The summed E-state index contributed by atoms with van der Waals surface area (Å²) < 4.78 is 16.3. The summed E-state index contributed by atoms with van der Waals surface area (Å²) in [5.74, 6) is 2.26. The normalized spacial score (nSPS) is 15.4. The molecule has 0 radical (unpaired) electrons. The number of benzene rings is 2. The Morgan fingerprint density at radius 1 is 1.14 bits per heavy atom. The number of fused-ring (bicyclic) bond motifs is 1. The summed E-state index contributed by atoms with van der Waals surface area (Å²) in [7, 11) is 5.35. The highest BCUT2D eigenvalue weighted by atomic mass is 16.5. The predicted octanol–water partition coefficient (Wildman–Crippen LogP) is 2.86. The lowest BCUT2D eigenvalue weighted by Crippen LogP contribution is -2.37.